The van der Waals surface area contributed by atoms with E-state index in [2.05, 4.69) is 33.0 Å². The molecule has 1 atom stereocenters. The van der Waals surface area contributed by atoms with Crippen molar-refractivity contribution in [2.45, 2.75) is 57.9 Å². The number of hydrogen-bond donors (Lipinski definition) is 1. The predicted octanol–water partition coefficient (Wildman–Crippen LogP) is 3.26. The molecular formula is C15H22FNO. The summed E-state index contributed by atoms with van der Waals surface area (Å²) in [5, 5.41) is 3.52. The van der Waals surface area contributed by atoms with Crippen molar-refractivity contribution < 1.29 is 9.13 Å². The van der Waals surface area contributed by atoms with Crippen molar-refractivity contribution in [1.82, 2.24) is 5.32 Å². The molecule has 1 heterocycles. The van der Waals surface area contributed by atoms with Gasteiger partial charge in [-0.15, -0.1) is 0 Å². The highest BCUT2D eigenvalue weighted by Gasteiger charge is 2.45. The van der Waals surface area contributed by atoms with Gasteiger partial charge in [0.2, 0.25) is 0 Å². The third kappa shape index (κ3) is 3.09. The van der Waals surface area contributed by atoms with Gasteiger partial charge in [-0.2, -0.15) is 0 Å². The first-order valence-electron chi connectivity index (χ1n) is 6.46. The molecule has 0 saturated carbocycles. The maximum atomic E-state index is 12.8. The lowest BCUT2D eigenvalue weighted by Gasteiger charge is -2.27. The Morgan fingerprint density at radius 1 is 1.22 bits per heavy atom. The van der Waals surface area contributed by atoms with Gasteiger partial charge in [-0.1, -0.05) is 12.1 Å². The van der Waals surface area contributed by atoms with Gasteiger partial charge in [-0.25, -0.2) is 4.39 Å². The molecule has 3 heteroatoms. The fourth-order valence-corrected chi connectivity index (χ4v) is 2.72. The fraction of sp³-hybridized carbons (Fsp3) is 0.600. The Morgan fingerprint density at radius 3 is 2.33 bits per heavy atom. The number of hydrogen-bond acceptors (Lipinski definition) is 2. The third-order valence-corrected chi connectivity index (χ3v) is 3.54. The minimum Gasteiger partial charge on any atom is -0.368 e. The lowest BCUT2D eigenvalue weighted by Crippen LogP contribution is -2.42. The van der Waals surface area contributed by atoms with Crippen LogP contribution in [0, 0.1) is 5.82 Å². The minimum absolute atomic E-state index is 0.0794. The Hall–Kier alpha value is -0.930. The van der Waals surface area contributed by atoms with Gasteiger partial charge in [0.05, 0.1) is 11.2 Å². The van der Waals surface area contributed by atoms with Crippen LogP contribution in [0.15, 0.2) is 24.3 Å². The summed E-state index contributed by atoms with van der Waals surface area (Å²) in [7, 11) is 0. The highest BCUT2D eigenvalue weighted by Crippen LogP contribution is 2.37. The second kappa shape index (κ2) is 4.63. The van der Waals surface area contributed by atoms with Crippen molar-refractivity contribution in [2.75, 3.05) is 0 Å². The number of halogens is 1. The van der Waals surface area contributed by atoms with Crippen molar-refractivity contribution in [3.05, 3.63) is 35.6 Å². The number of ether oxygens (including phenoxy) is 1. The van der Waals surface area contributed by atoms with Crippen LogP contribution in [0.2, 0.25) is 0 Å². The van der Waals surface area contributed by atoms with Crippen LogP contribution in [0.1, 0.15) is 39.7 Å². The molecule has 1 unspecified atom stereocenters. The van der Waals surface area contributed by atoms with E-state index >= 15 is 0 Å². The molecule has 1 saturated heterocycles. The van der Waals surface area contributed by atoms with Gasteiger partial charge in [-0.3, -0.25) is 0 Å². The Morgan fingerprint density at radius 2 is 1.83 bits per heavy atom. The summed E-state index contributed by atoms with van der Waals surface area (Å²) >= 11 is 0. The fourth-order valence-electron chi connectivity index (χ4n) is 2.72. The van der Waals surface area contributed by atoms with E-state index in [1.54, 1.807) is 0 Å². The summed E-state index contributed by atoms with van der Waals surface area (Å²) in [4.78, 5) is 0. The van der Waals surface area contributed by atoms with Gasteiger partial charge in [-0.05, 0) is 51.8 Å². The lowest BCUT2D eigenvalue weighted by atomic mass is 9.94. The van der Waals surface area contributed by atoms with E-state index in [-0.39, 0.29) is 17.0 Å². The van der Waals surface area contributed by atoms with Crippen LogP contribution in [0.3, 0.4) is 0 Å². The van der Waals surface area contributed by atoms with E-state index in [1.807, 2.05) is 12.1 Å². The smallest absolute Gasteiger partial charge is 0.123 e. The first-order chi connectivity index (χ1) is 8.28. The standard InChI is InChI=1S/C15H22FNO/c1-14(2)9-13(15(3,4)18-14)17-10-11-5-7-12(16)8-6-11/h5-8,13,17H,9-10H2,1-4H3. The summed E-state index contributed by atoms with van der Waals surface area (Å²) < 4.78 is 18.8. The molecule has 0 spiro atoms. The molecule has 100 valence electrons. The van der Waals surface area contributed by atoms with Crippen LogP contribution in [0.4, 0.5) is 4.39 Å². The zero-order valence-electron chi connectivity index (χ0n) is 11.6. The molecule has 0 bridgehead atoms. The average Bonchev–Trinajstić information content (AvgIpc) is 2.45. The zero-order chi connectivity index (χ0) is 13.4. The van der Waals surface area contributed by atoms with Gasteiger partial charge < -0.3 is 10.1 Å². The summed E-state index contributed by atoms with van der Waals surface area (Å²) in [6.45, 7) is 9.21. The van der Waals surface area contributed by atoms with Gasteiger partial charge in [0.15, 0.2) is 0 Å². The first-order valence-corrected chi connectivity index (χ1v) is 6.46. The van der Waals surface area contributed by atoms with Crippen LogP contribution in [-0.2, 0) is 11.3 Å². The molecule has 1 aliphatic rings. The maximum Gasteiger partial charge on any atom is 0.123 e. The molecule has 2 nitrogen and oxygen atoms in total. The molecule has 1 N–H and O–H groups in total. The molecule has 0 radical (unpaired) electrons. The molecule has 2 rings (SSSR count). The van der Waals surface area contributed by atoms with Crippen LogP contribution in [0.25, 0.3) is 0 Å². The van der Waals surface area contributed by atoms with Crippen molar-refractivity contribution in [2.24, 2.45) is 0 Å². The lowest BCUT2D eigenvalue weighted by molar-refractivity contribution is -0.0699. The van der Waals surface area contributed by atoms with Crippen LogP contribution < -0.4 is 5.32 Å². The second-order valence-corrected chi connectivity index (χ2v) is 6.23. The summed E-state index contributed by atoms with van der Waals surface area (Å²) in [6, 6.07) is 6.94. The molecule has 0 amide bonds. The Labute approximate surface area is 109 Å². The molecule has 1 aliphatic heterocycles. The normalized spacial score (nSPS) is 25.3. The molecule has 1 aromatic carbocycles. The molecule has 0 aromatic heterocycles. The van der Waals surface area contributed by atoms with Crippen molar-refractivity contribution in [3.63, 3.8) is 0 Å². The predicted molar refractivity (Wildman–Crippen MR) is 70.9 cm³/mol. The Balaban J connectivity index is 1.96. The number of nitrogens with one attached hydrogen (secondary N) is 1. The zero-order valence-corrected chi connectivity index (χ0v) is 11.6. The van der Waals surface area contributed by atoms with Crippen LogP contribution in [-0.4, -0.2) is 17.2 Å². The minimum atomic E-state index is -0.190. The number of benzene rings is 1. The summed E-state index contributed by atoms with van der Waals surface area (Å²) in [5.41, 5.74) is 0.852. The molecule has 0 aliphatic carbocycles. The summed E-state index contributed by atoms with van der Waals surface area (Å²) in [6.07, 6.45) is 0.987. The quantitative estimate of drug-likeness (QED) is 0.890. The monoisotopic (exact) mass is 251 g/mol. The van der Waals surface area contributed by atoms with E-state index in [0.29, 0.717) is 6.04 Å². The molecule has 1 fully saturated rings. The average molecular weight is 251 g/mol. The van der Waals surface area contributed by atoms with Gasteiger partial charge in [0, 0.05) is 12.6 Å². The third-order valence-electron chi connectivity index (χ3n) is 3.54. The SMILES string of the molecule is CC1(C)CC(NCc2ccc(F)cc2)C(C)(C)O1. The topological polar surface area (TPSA) is 21.3 Å². The van der Waals surface area contributed by atoms with E-state index in [0.717, 1.165) is 18.5 Å². The Kier molecular flexibility index (Phi) is 3.47. The van der Waals surface area contributed by atoms with E-state index < -0.39 is 0 Å². The summed E-state index contributed by atoms with van der Waals surface area (Å²) in [5.74, 6) is -0.190. The highest BCUT2D eigenvalue weighted by molar-refractivity contribution is 5.16. The van der Waals surface area contributed by atoms with E-state index in [4.69, 9.17) is 4.74 Å². The van der Waals surface area contributed by atoms with E-state index in [9.17, 15) is 4.39 Å². The van der Waals surface area contributed by atoms with Crippen molar-refractivity contribution in [3.8, 4) is 0 Å². The van der Waals surface area contributed by atoms with Gasteiger partial charge in [0.1, 0.15) is 5.82 Å². The highest BCUT2D eigenvalue weighted by atomic mass is 19.1. The maximum absolute atomic E-state index is 12.8. The van der Waals surface area contributed by atoms with Crippen LogP contribution >= 0.6 is 0 Å². The van der Waals surface area contributed by atoms with Gasteiger partial charge in [0.25, 0.3) is 0 Å². The molecule has 18 heavy (non-hydrogen) atoms. The van der Waals surface area contributed by atoms with Crippen molar-refractivity contribution in [1.29, 1.82) is 0 Å². The van der Waals surface area contributed by atoms with E-state index in [1.165, 1.54) is 12.1 Å². The largest absolute Gasteiger partial charge is 0.368 e. The van der Waals surface area contributed by atoms with Crippen LogP contribution in [0.5, 0.6) is 0 Å². The Bertz CT molecular complexity index is 411. The molecular weight excluding hydrogens is 229 g/mol. The van der Waals surface area contributed by atoms with Crippen molar-refractivity contribution >= 4 is 0 Å². The van der Waals surface area contributed by atoms with Gasteiger partial charge >= 0.3 is 0 Å². The first kappa shape index (κ1) is 13.5. The number of rotatable bonds is 3. The molecule has 1 aromatic rings. The second-order valence-electron chi connectivity index (χ2n) is 6.23.